The van der Waals surface area contributed by atoms with Gasteiger partial charge in [0.05, 0.1) is 0 Å². The summed E-state index contributed by atoms with van der Waals surface area (Å²) in [6.45, 7) is 5.93. The minimum absolute atomic E-state index is 0. The van der Waals surface area contributed by atoms with Crippen molar-refractivity contribution in [3.63, 3.8) is 0 Å². The lowest BCUT2D eigenvalue weighted by molar-refractivity contribution is -0.136. The van der Waals surface area contributed by atoms with E-state index >= 15 is 0 Å². The second-order valence-electron chi connectivity index (χ2n) is 9.19. The van der Waals surface area contributed by atoms with Crippen molar-refractivity contribution in [3.05, 3.63) is 0 Å². The van der Waals surface area contributed by atoms with Crippen molar-refractivity contribution in [3.8, 4) is 0 Å². The predicted molar refractivity (Wildman–Crippen MR) is 133 cm³/mol. The first-order chi connectivity index (χ1) is 13.7. The molecule has 1 amide bonds. The quantitative estimate of drug-likeness (QED) is 0.297. The van der Waals surface area contributed by atoms with Crippen molar-refractivity contribution < 1.29 is 4.79 Å². The Morgan fingerprint density at radius 1 is 1.03 bits per heavy atom. The summed E-state index contributed by atoms with van der Waals surface area (Å²) in [7, 11) is 0. The molecule has 0 bridgehead atoms. The fourth-order valence-corrected chi connectivity index (χ4v) is 5.87. The number of guanidine groups is 1. The molecule has 3 aliphatic carbocycles. The van der Waals surface area contributed by atoms with E-state index in [0.29, 0.717) is 11.9 Å². The van der Waals surface area contributed by atoms with Crippen LogP contribution in [0.1, 0.15) is 58.3 Å². The molecule has 1 aliphatic heterocycles. The molecule has 4 aliphatic rings. The second-order valence-corrected chi connectivity index (χ2v) is 10.4. The van der Waals surface area contributed by atoms with Gasteiger partial charge in [-0.15, -0.1) is 24.0 Å². The molecule has 0 unspecified atom stereocenters. The molecule has 0 radical (unpaired) electrons. The molecule has 29 heavy (non-hydrogen) atoms. The van der Waals surface area contributed by atoms with Gasteiger partial charge >= 0.3 is 0 Å². The zero-order chi connectivity index (χ0) is 19.3. The molecule has 3 saturated carbocycles. The number of nitrogens with zero attached hydrogens (tertiary/aromatic N) is 2. The molecule has 1 saturated heterocycles. The minimum atomic E-state index is 0. The molecule has 0 aromatic carbocycles. The number of thioether (sulfide) groups is 1. The molecule has 0 aromatic heterocycles. The molecule has 4 fully saturated rings. The van der Waals surface area contributed by atoms with Gasteiger partial charge in [-0.25, -0.2) is 0 Å². The number of halogens is 1. The van der Waals surface area contributed by atoms with Crippen molar-refractivity contribution in [2.45, 2.75) is 64.3 Å². The predicted octanol–water partition coefficient (Wildman–Crippen LogP) is 3.73. The molecule has 0 aromatic rings. The van der Waals surface area contributed by atoms with E-state index in [4.69, 9.17) is 4.99 Å². The largest absolute Gasteiger partial charge is 0.357 e. The smallest absolute Gasteiger partial charge is 0.225 e. The molecule has 0 spiro atoms. The molecule has 0 atom stereocenters. The number of hydrogen-bond donors (Lipinski definition) is 2. The van der Waals surface area contributed by atoms with Gasteiger partial charge in [0.25, 0.3) is 0 Å². The van der Waals surface area contributed by atoms with Gasteiger partial charge in [0.1, 0.15) is 0 Å². The number of nitrogens with one attached hydrogen (secondary N) is 2. The Bertz CT molecular complexity index is 541. The number of rotatable bonds is 7. The first-order valence-corrected chi connectivity index (χ1v) is 12.8. The van der Waals surface area contributed by atoms with Crippen LogP contribution >= 0.6 is 35.7 Å². The van der Waals surface area contributed by atoms with Crippen LogP contribution in [-0.4, -0.2) is 60.5 Å². The van der Waals surface area contributed by atoms with Crippen LogP contribution in [0, 0.1) is 23.7 Å². The molecule has 1 heterocycles. The first kappa shape index (κ1) is 23.5. The summed E-state index contributed by atoms with van der Waals surface area (Å²) in [6.07, 6.45) is 9.90. The molecule has 7 heteroatoms. The average Bonchev–Trinajstić information content (AvgIpc) is 3.63. The topological polar surface area (TPSA) is 56.7 Å². The van der Waals surface area contributed by atoms with E-state index in [1.807, 2.05) is 11.8 Å². The van der Waals surface area contributed by atoms with Crippen LogP contribution in [0.4, 0.5) is 0 Å². The van der Waals surface area contributed by atoms with E-state index in [-0.39, 0.29) is 29.9 Å². The summed E-state index contributed by atoms with van der Waals surface area (Å²) in [5, 5.41) is 7.13. The van der Waals surface area contributed by atoms with E-state index in [1.165, 1.54) is 25.7 Å². The lowest BCUT2D eigenvalue weighted by Gasteiger charge is -2.34. The third-order valence-electron chi connectivity index (χ3n) is 7.00. The molecule has 4 rings (SSSR count). The van der Waals surface area contributed by atoms with Crippen LogP contribution in [0.15, 0.2) is 4.99 Å². The van der Waals surface area contributed by atoms with Crippen molar-refractivity contribution in [1.29, 1.82) is 0 Å². The highest BCUT2D eigenvalue weighted by molar-refractivity contribution is 14.0. The minimum Gasteiger partial charge on any atom is -0.357 e. The van der Waals surface area contributed by atoms with Gasteiger partial charge in [0.15, 0.2) is 5.96 Å². The molecule has 5 nitrogen and oxygen atoms in total. The summed E-state index contributed by atoms with van der Waals surface area (Å²) in [4.78, 5) is 19.8. The fraction of sp³-hybridized carbons (Fsp3) is 0.909. The molecular weight excluding hydrogens is 495 g/mol. The van der Waals surface area contributed by atoms with Crippen LogP contribution in [-0.2, 0) is 4.79 Å². The van der Waals surface area contributed by atoms with Crippen LogP contribution < -0.4 is 10.6 Å². The van der Waals surface area contributed by atoms with Gasteiger partial charge in [-0.3, -0.25) is 9.79 Å². The highest BCUT2D eigenvalue weighted by Gasteiger charge is 2.41. The Hall–Kier alpha value is -0.180. The summed E-state index contributed by atoms with van der Waals surface area (Å²) in [6, 6.07) is 0.457. The molecule has 2 N–H and O–H groups in total. The Kier molecular flexibility index (Phi) is 9.27. The Morgan fingerprint density at radius 3 is 2.21 bits per heavy atom. The number of aliphatic imine (C=N–C) groups is 1. The van der Waals surface area contributed by atoms with Crippen LogP contribution in [0.3, 0.4) is 0 Å². The van der Waals surface area contributed by atoms with Crippen molar-refractivity contribution >= 4 is 47.6 Å². The zero-order valence-electron chi connectivity index (χ0n) is 17.9. The fourth-order valence-electron chi connectivity index (χ4n) is 4.97. The van der Waals surface area contributed by atoms with Gasteiger partial charge in [-0.05, 0) is 76.0 Å². The van der Waals surface area contributed by atoms with E-state index in [0.717, 1.165) is 87.1 Å². The first-order valence-electron chi connectivity index (χ1n) is 11.7. The summed E-state index contributed by atoms with van der Waals surface area (Å²) in [5.74, 6) is 6.60. The van der Waals surface area contributed by atoms with Gasteiger partial charge < -0.3 is 15.5 Å². The lowest BCUT2D eigenvalue weighted by atomic mass is 9.85. The summed E-state index contributed by atoms with van der Waals surface area (Å²) >= 11 is 1.97. The van der Waals surface area contributed by atoms with Crippen LogP contribution in [0.25, 0.3) is 0 Å². The van der Waals surface area contributed by atoms with Gasteiger partial charge in [-0.1, -0.05) is 0 Å². The third kappa shape index (κ3) is 6.91. The number of carbonyl (C=O) groups is 1. The summed E-state index contributed by atoms with van der Waals surface area (Å²) < 4.78 is 0. The maximum absolute atomic E-state index is 12.8. The number of carbonyl (C=O) groups excluding carboxylic acids is 1. The monoisotopic (exact) mass is 534 g/mol. The molecular formula is C22H39IN4OS. The highest BCUT2D eigenvalue weighted by Crippen LogP contribution is 2.49. The zero-order valence-corrected chi connectivity index (χ0v) is 21.1. The van der Waals surface area contributed by atoms with Gasteiger partial charge in [0.2, 0.25) is 5.91 Å². The maximum atomic E-state index is 12.8. The van der Waals surface area contributed by atoms with E-state index in [2.05, 4.69) is 22.5 Å². The van der Waals surface area contributed by atoms with Gasteiger partial charge in [-0.2, -0.15) is 11.8 Å². The van der Waals surface area contributed by atoms with Crippen LogP contribution in [0.2, 0.25) is 0 Å². The number of amides is 1. The maximum Gasteiger partial charge on any atom is 0.225 e. The SMILES string of the molecule is CCNC(=NCC(C1CC1)C1CC1)NC1CCC(C(=O)N2CCSCC2)CC1.I. The Labute approximate surface area is 198 Å². The van der Waals surface area contributed by atoms with E-state index in [1.54, 1.807) is 0 Å². The average molecular weight is 535 g/mol. The Morgan fingerprint density at radius 2 is 1.66 bits per heavy atom. The lowest BCUT2D eigenvalue weighted by Crippen LogP contribution is -2.47. The number of hydrogen-bond acceptors (Lipinski definition) is 3. The van der Waals surface area contributed by atoms with Crippen molar-refractivity contribution in [1.82, 2.24) is 15.5 Å². The highest BCUT2D eigenvalue weighted by atomic mass is 127. The van der Waals surface area contributed by atoms with E-state index < -0.39 is 0 Å². The van der Waals surface area contributed by atoms with Gasteiger partial charge in [0, 0.05) is 49.6 Å². The van der Waals surface area contributed by atoms with Crippen LogP contribution in [0.5, 0.6) is 0 Å². The normalized spacial score (nSPS) is 28.1. The van der Waals surface area contributed by atoms with Crippen molar-refractivity contribution in [2.75, 3.05) is 37.7 Å². The Balaban J connectivity index is 0.00000240. The standard InChI is InChI=1S/C22H38N4OS.HI/c1-2-23-22(24-15-20(16-3-4-16)17-5-6-17)25-19-9-7-18(8-10-19)21(27)26-11-13-28-14-12-26;/h16-20H,2-15H2,1H3,(H2,23,24,25);1H. The van der Waals surface area contributed by atoms with Crippen molar-refractivity contribution in [2.24, 2.45) is 28.7 Å². The van der Waals surface area contributed by atoms with E-state index in [9.17, 15) is 4.79 Å². The second kappa shape index (κ2) is 11.4. The molecule has 166 valence electrons. The summed E-state index contributed by atoms with van der Waals surface area (Å²) in [5.41, 5.74) is 0. The third-order valence-corrected chi connectivity index (χ3v) is 7.94.